The molecule has 0 heterocycles. The van der Waals surface area contributed by atoms with Crippen LogP contribution in [0.4, 0.5) is 0 Å². The molecule has 0 atom stereocenters. The van der Waals surface area contributed by atoms with Crippen LogP contribution in [0.3, 0.4) is 0 Å². The van der Waals surface area contributed by atoms with Crippen molar-refractivity contribution in [3.05, 3.63) is 29.3 Å². The average Bonchev–Trinajstić information content (AvgIpc) is 2.09. The zero-order chi connectivity index (χ0) is 9.68. The number of hydrogen-bond donors (Lipinski definition) is 0. The average molecular weight is 201 g/mol. The molecule has 13 heavy (non-hydrogen) atoms. The summed E-state index contributed by atoms with van der Waals surface area (Å²) in [5, 5.41) is 0.603. The molecule has 1 rings (SSSR count). The maximum atomic E-state index is 10.9. The number of ether oxygens (including phenoxy) is 2. The molecule has 0 saturated heterocycles. The predicted octanol–water partition coefficient (Wildman–Crippen LogP) is 1.89. The lowest BCUT2D eigenvalue weighted by Crippen LogP contribution is -2.13. The molecule has 1 aromatic rings. The predicted molar refractivity (Wildman–Crippen MR) is 49.0 cm³/mol. The Labute approximate surface area is 81.2 Å². The zero-order valence-electron chi connectivity index (χ0n) is 7.12. The van der Waals surface area contributed by atoms with Gasteiger partial charge in [0.1, 0.15) is 12.4 Å². The smallest absolute Gasteiger partial charge is 0.337 e. The van der Waals surface area contributed by atoms with Crippen LogP contribution in [0.1, 0.15) is 0 Å². The molecule has 1 aromatic carbocycles. The van der Waals surface area contributed by atoms with E-state index in [1.165, 1.54) is 7.11 Å². The van der Waals surface area contributed by atoms with Crippen LogP contribution in [-0.2, 0) is 9.53 Å². The van der Waals surface area contributed by atoms with Gasteiger partial charge in [-0.25, -0.2) is 4.79 Å². The van der Waals surface area contributed by atoms with Crippen molar-refractivity contribution in [2.75, 3.05) is 13.7 Å². The molecule has 0 fully saturated rings. The van der Waals surface area contributed by atoms with Gasteiger partial charge in [-0.3, -0.25) is 0 Å². The Morgan fingerprint density at radius 2 is 2.00 bits per heavy atom. The fraction of sp³-hybridized carbons (Fsp3) is 0.222. The number of carbonyl (C=O) groups is 1. The van der Waals surface area contributed by atoms with E-state index in [2.05, 4.69) is 4.74 Å². The number of methoxy groups -OCH3 is 1. The summed E-state index contributed by atoms with van der Waals surface area (Å²) in [5.41, 5.74) is 0. The van der Waals surface area contributed by atoms with Crippen molar-refractivity contribution < 1.29 is 14.3 Å². The Morgan fingerprint density at radius 1 is 1.38 bits per heavy atom. The van der Waals surface area contributed by atoms with Crippen molar-refractivity contribution in [3.63, 3.8) is 0 Å². The third-order valence-electron chi connectivity index (χ3n) is 1.31. The minimum absolute atomic E-state index is 0.0529. The quantitative estimate of drug-likeness (QED) is 0.552. The number of hydrogen-bond acceptors (Lipinski definition) is 3. The monoisotopic (exact) mass is 200 g/mol. The fourth-order valence-corrected chi connectivity index (χ4v) is 0.907. The van der Waals surface area contributed by atoms with Gasteiger partial charge >= 0.3 is 5.97 Å². The molecular formula is C9H9ClO3. The molecule has 0 radical (unpaired) electrons. The van der Waals surface area contributed by atoms with E-state index in [9.17, 15) is 4.79 Å². The van der Waals surface area contributed by atoms with Gasteiger partial charge in [0, 0.05) is 12.1 Å². The standard InChI is InChI=1S/C9H9ClO3/c1-12-6-9(11)13-8-4-2-7(10)3-5-8/h2-5H,6H2,1H3. The number of rotatable bonds is 3. The summed E-state index contributed by atoms with van der Waals surface area (Å²) in [4.78, 5) is 10.9. The van der Waals surface area contributed by atoms with E-state index in [0.29, 0.717) is 10.8 Å². The van der Waals surface area contributed by atoms with E-state index >= 15 is 0 Å². The molecule has 3 nitrogen and oxygen atoms in total. The molecule has 0 aliphatic heterocycles. The molecule has 0 aliphatic carbocycles. The lowest BCUT2D eigenvalue weighted by atomic mass is 10.3. The van der Waals surface area contributed by atoms with E-state index in [1.807, 2.05) is 0 Å². The van der Waals surface area contributed by atoms with Crippen LogP contribution < -0.4 is 4.74 Å². The Bertz CT molecular complexity index is 281. The van der Waals surface area contributed by atoms with Crippen LogP contribution in [-0.4, -0.2) is 19.7 Å². The van der Waals surface area contributed by atoms with Crippen LogP contribution in [0.15, 0.2) is 24.3 Å². The molecule has 0 unspecified atom stereocenters. The molecule has 0 amide bonds. The summed E-state index contributed by atoms with van der Waals surface area (Å²) >= 11 is 5.64. The van der Waals surface area contributed by atoms with Crippen LogP contribution in [0.25, 0.3) is 0 Å². The molecule has 0 bridgehead atoms. The molecule has 0 aromatic heterocycles. The topological polar surface area (TPSA) is 35.5 Å². The van der Waals surface area contributed by atoms with Crippen LogP contribution in [0.2, 0.25) is 5.02 Å². The van der Waals surface area contributed by atoms with Gasteiger partial charge in [0.05, 0.1) is 0 Å². The maximum Gasteiger partial charge on any atom is 0.337 e. The van der Waals surface area contributed by atoms with E-state index in [4.69, 9.17) is 16.3 Å². The molecule has 4 heteroatoms. The summed E-state index contributed by atoms with van der Waals surface area (Å²) in [6, 6.07) is 6.54. The van der Waals surface area contributed by atoms with Gasteiger partial charge in [-0.2, -0.15) is 0 Å². The van der Waals surface area contributed by atoms with Gasteiger partial charge in [0.2, 0.25) is 0 Å². The molecule has 70 valence electrons. The Hall–Kier alpha value is -1.06. The van der Waals surface area contributed by atoms with Gasteiger partial charge in [-0.05, 0) is 24.3 Å². The second-order valence-electron chi connectivity index (χ2n) is 2.36. The first-order chi connectivity index (χ1) is 6.22. The van der Waals surface area contributed by atoms with Crippen molar-refractivity contribution in [1.82, 2.24) is 0 Å². The lowest BCUT2D eigenvalue weighted by Gasteiger charge is -2.02. The lowest BCUT2D eigenvalue weighted by molar-refractivity contribution is -0.138. The minimum atomic E-state index is -0.426. The number of carbonyl (C=O) groups excluding carboxylic acids is 1. The van der Waals surface area contributed by atoms with Crippen LogP contribution in [0.5, 0.6) is 5.75 Å². The second kappa shape index (κ2) is 4.84. The van der Waals surface area contributed by atoms with Crippen molar-refractivity contribution in [1.29, 1.82) is 0 Å². The SMILES string of the molecule is COCC(=O)Oc1ccc(Cl)cc1. The van der Waals surface area contributed by atoms with Crippen molar-refractivity contribution >= 4 is 17.6 Å². The maximum absolute atomic E-state index is 10.9. The number of esters is 1. The third-order valence-corrected chi connectivity index (χ3v) is 1.56. The summed E-state index contributed by atoms with van der Waals surface area (Å²) in [5.74, 6) is 0.0382. The van der Waals surface area contributed by atoms with Gasteiger partial charge in [0.25, 0.3) is 0 Å². The van der Waals surface area contributed by atoms with Gasteiger partial charge in [0.15, 0.2) is 0 Å². The van der Waals surface area contributed by atoms with Crippen molar-refractivity contribution in [2.45, 2.75) is 0 Å². The molecule has 0 spiro atoms. The first-order valence-corrected chi connectivity index (χ1v) is 4.05. The summed E-state index contributed by atoms with van der Waals surface area (Å²) < 4.78 is 9.49. The Morgan fingerprint density at radius 3 is 2.54 bits per heavy atom. The fourth-order valence-electron chi connectivity index (χ4n) is 0.781. The normalized spacial score (nSPS) is 9.69. The highest BCUT2D eigenvalue weighted by Gasteiger charge is 2.02. The van der Waals surface area contributed by atoms with E-state index in [-0.39, 0.29) is 6.61 Å². The third kappa shape index (κ3) is 3.44. The number of benzene rings is 1. The second-order valence-corrected chi connectivity index (χ2v) is 2.80. The first kappa shape index (κ1) is 10.0. The largest absolute Gasteiger partial charge is 0.425 e. The molecular weight excluding hydrogens is 192 g/mol. The van der Waals surface area contributed by atoms with Crippen molar-refractivity contribution in [3.8, 4) is 5.75 Å². The van der Waals surface area contributed by atoms with Crippen LogP contribution in [0, 0.1) is 0 Å². The van der Waals surface area contributed by atoms with Gasteiger partial charge in [-0.15, -0.1) is 0 Å². The summed E-state index contributed by atoms with van der Waals surface area (Å²) in [6.07, 6.45) is 0. The highest BCUT2D eigenvalue weighted by atomic mass is 35.5. The van der Waals surface area contributed by atoms with E-state index in [1.54, 1.807) is 24.3 Å². The molecule has 0 aliphatic rings. The Balaban J connectivity index is 2.54. The molecule has 0 N–H and O–H groups in total. The number of halogens is 1. The van der Waals surface area contributed by atoms with Gasteiger partial charge in [-0.1, -0.05) is 11.6 Å². The zero-order valence-corrected chi connectivity index (χ0v) is 7.88. The van der Waals surface area contributed by atoms with Crippen molar-refractivity contribution in [2.24, 2.45) is 0 Å². The summed E-state index contributed by atoms with van der Waals surface area (Å²) in [7, 11) is 1.43. The Kier molecular flexibility index (Phi) is 3.73. The summed E-state index contributed by atoms with van der Waals surface area (Å²) in [6.45, 7) is -0.0529. The highest BCUT2D eigenvalue weighted by molar-refractivity contribution is 6.30. The van der Waals surface area contributed by atoms with Crippen LogP contribution >= 0.6 is 11.6 Å². The first-order valence-electron chi connectivity index (χ1n) is 3.67. The van der Waals surface area contributed by atoms with Gasteiger partial charge < -0.3 is 9.47 Å². The highest BCUT2D eigenvalue weighted by Crippen LogP contribution is 2.15. The van der Waals surface area contributed by atoms with E-state index in [0.717, 1.165) is 0 Å². The minimum Gasteiger partial charge on any atom is -0.425 e. The van der Waals surface area contributed by atoms with E-state index < -0.39 is 5.97 Å². The molecule has 0 saturated carbocycles.